The van der Waals surface area contributed by atoms with Crippen LogP contribution in [0.3, 0.4) is 0 Å². The van der Waals surface area contributed by atoms with Gasteiger partial charge >= 0.3 is 5.97 Å². The predicted octanol–water partition coefficient (Wildman–Crippen LogP) is 3.21. The first kappa shape index (κ1) is 17.2. The number of hydrogen-bond acceptors (Lipinski definition) is 6. The fraction of sp³-hybridized carbons (Fsp3) is 0.278. The van der Waals surface area contributed by atoms with Gasteiger partial charge in [-0.3, -0.25) is 9.59 Å². The minimum absolute atomic E-state index is 0.00823. The van der Waals surface area contributed by atoms with Gasteiger partial charge in [0.15, 0.2) is 17.3 Å². The number of pyridine rings is 1. The Hall–Kier alpha value is -2.60. The SMILES string of the molecule is O=C(CCC(=O)c1ccc2c(c1)OCCO2)OCc1ccc(Cl)nc1. The van der Waals surface area contributed by atoms with Crippen LogP contribution < -0.4 is 9.47 Å². The van der Waals surface area contributed by atoms with E-state index in [0.717, 1.165) is 5.56 Å². The Morgan fingerprint density at radius 2 is 1.88 bits per heavy atom. The number of rotatable bonds is 6. The van der Waals surface area contributed by atoms with Crippen molar-refractivity contribution < 1.29 is 23.8 Å². The normalized spacial score (nSPS) is 12.5. The summed E-state index contributed by atoms with van der Waals surface area (Å²) >= 11 is 5.69. The molecule has 130 valence electrons. The van der Waals surface area contributed by atoms with Crippen molar-refractivity contribution in [3.8, 4) is 11.5 Å². The molecule has 0 radical (unpaired) electrons. The summed E-state index contributed by atoms with van der Waals surface area (Å²) in [7, 11) is 0. The average Bonchev–Trinajstić information content (AvgIpc) is 2.65. The summed E-state index contributed by atoms with van der Waals surface area (Å²) in [5.41, 5.74) is 1.22. The third-order valence-electron chi connectivity index (χ3n) is 3.61. The fourth-order valence-corrected chi connectivity index (χ4v) is 2.42. The van der Waals surface area contributed by atoms with Gasteiger partial charge in [0.1, 0.15) is 25.0 Å². The van der Waals surface area contributed by atoms with Crippen molar-refractivity contribution in [1.29, 1.82) is 0 Å². The summed E-state index contributed by atoms with van der Waals surface area (Å²) in [6, 6.07) is 8.36. The number of fused-ring (bicyclic) bond motifs is 1. The van der Waals surface area contributed by atoms with Crippen LogP contribution in [-0.4, -0.2) is 30.0 Å². The van der Waals surface area contributed by atoms with Gasteiger partial charge in [-0.1, -0.05) is 17.7 Å². The van der Waals surface area contributed by atoms with Gasteiger partial charge in [0, 0.05) is 23.7 Å². The van der Waals surface area contributed by atoms with Crippen molar-refractivity contribution in [3.63, 3.8) is 0 Å². The van der Waals surface area contributed by atoms with E-state index in [1.54, 1.807) is 30.3 Å². The molecule has 2 heterocycles. The number of halogens is 1. The van der Waals surface area contributed by atoms with E-state index in [1.807, 2.05) is 0 Å². The van der Waals surface area contributed by atoms with E-state index >= 15 is 0 Å². The van der Waals surface area contributed by atoms with Gasteiger partial charge < -0.3 is 14.2 Å². The lowest BCUT2D eigenvalue weighted by atomic mass is 10.1. The van der Waals surface area contributed by atoms with Crippen LogP contribution in [0.4, 0.5) is 0 Å². The first-order valence-corrected chi connectivity index (χ1v) is 8.18. The highest BCUT2D eigenvalue weighted by molar-refractivity contribution is 6.29. The molecule has 0 fully saturated rings. The molecule has 7 heteroatoms. The highest BCUT2D eigenvalue weighted by atomic mass is 35.5. The number of aromatic nitrogens is 1. The number of esters is 1. The lowest BCUT2D eigenvalue weighted by Crippen LogP contribution is -2.16. The van der Waals surface area contributed by atoms with E-state index in [-0.39, 0.29) is 25.2 Å². The fourth-order valence-electron chi connectivity index (χ4n) is 2.30. The summed E-state index contributed by atoms with van der Waals surface area (Å²) in [4.78, 5) is 27.9. The van der Waals surface area contributed by atoms with Gasteiger partial charge in [0.05, 0.1) is 6.42 Å². The predicted molar refractivity (Wildman–Crippen MR) is 90.0 cm³/mol. The molecule has 0 atom stereocenters. The highest BCUT2D eigenvalue weighted by Crippen LogP contribution is 2.31. The van der Waals surface area contributed by atoms with Crippen LogP contribution in [0.1, 0.15) is 28.8 Å². The second-order valence-corrected chi connectivity index (χ2v) is 5.82. The van der Waals surface area contributed by atoms with Crippen molar-refractivity contribution >= 4 is 23.4 Å². The molecular formula is C18H16ClNO5. The van der Waals surface area contributed by atoms with Crippen LogP contribution in [-0.2, 0) is 16.1 Å². The van der Waals surface area contributed by atoms with Crippen molar-refractivity contribution in [2.24, 2.45) is 0 Å². The molecule has 6 nitrogen and oxygen atoms in total. The Morgan fingerprint density at radius 1 is 1.08 bits per heavy atom. The third kappa shape index (κ3) is 4.70. The summed E-state index contributed by atoms with van der Waals surface area (Å²) in [5.74, 6) is 0.580. The minimum atomic E-state index is -0.444. The van der Waals surface area contributed by atoms with E-state index in [4.69, 9.17) is 25.8 Å². The van der Waals surface area contributed by atoms with Crippen molar-refractivity contribution in [1.82, 2.24) is 4.98 Å². The molecule has 0 bridgehead atoms. The van der Waals surface area contributed by atoms with Crippen LogP contribution in [0.2, 0.25) is 5.15 Å². The quantitative estimate of drug-likeness (QED) is 0.447. The molecule has 0 N–H and O–H groups in total. The van der Waals surface area contributed by atoms with Gasteiger partial charge in [0.25, 0.3) is 0 Å². The molecule has 1 aliphatic rings. The molecule has 3 rings (SSSR count). The Labute approximate surface area is 149 Å². The summed E-state index contributed by atoms with van der Waals surface area (Å²) < 4.78 is 16.0. The van der Waals surface area contributed by atoms with E-state index in [9.17, 15) is 9.59 Å². The van der Waals surface area contributed by atoms with Crippen molar-refractivity contribution in [2.75, 3.05) is 13.2 Å². The first-order chi connectivity index (χ1) is 12.1. The Bertz CT molecular complexity index is 776. The van der Waals surface area contributed by atoms with Crippen LogP contribution in [0.5, 0.6) is 11.5 Å². The zero-order chi connectivity index (χ0) is 17.6. The van der Waals surface area contributed by atoms with Gasteiger partial charge in [-0.2, -0.15) is 0 Å². The highest BCUT2D eigenvalue weighted by Gasteiger charge is 2.16. The molecule has 2 aromatic rings. The maximum Gasteiger partial charge on any atom is 0.306 e. The number of Topliss-reactive ketones (excluding diaryl/α,β-unsaturated/α-hetero) is 1. The standard InChI is InChI=1S/C18H16ClNO5/c19-17-5-1-12(10-20-17)11-25-18(22)6-3-14(21)13-2-4-15-16(9-13)24-8-7-23-15/h1-2,4-5,9-10H,3,6-8,11H2. The number of ketones is 1. The van der Waals surface area contributed by atoms with Crippen LogP contribution in [0.15, 0.2) is 36.5 Å². The van der Waals surface area contributed by atoms with Crippen LogP contribution in [0.25, 0.3) is 0 Å². The summed E-state index contributed by atoms with van der Waals surface area (Å²) in [6.45, 7) is 1.05. The first-order valence-electron chi connectivity index (χ1n) is 7.81. The molecule has 1 aromatic carbocycles. The second kappa shape index (κ2) is 7.98. The van der Waals surface area contributed by atoms with E-state index < -0.39 is 5.97 Å². The largest absolute Gasteiger partial charge is 0.486 e. The number of ether oxygens (including phenoxy) is 3. The molecule has 0 unspecified atom stereocenters. The molecule has 0 amide bonds. The van der Waals surface area contributed by atoms with Crippen LogP contribution >= 0.6 is 11.6 Å². The second-order valence-electron chi connectivity index (χ2n) is 5.43. The van der Waals surface area contributed by atoms with Crippen molar-refractivity contribution in [2.45, 2.75) is 19.4 Å². The molecule has 0 aliphatic carbocycles. The summed E-state index contributed by atoms with van der Waals surface area (Å²) in [5, 5.41) is 0.375. The minimum Gasteiger partial charge on any atom is -0.486 e. The molecule has 1 aliphatic heterocycles. The van der Waals surface area contributed by atoms with Gasteiger partial charge in [0.2, 0.25) is 0 Å². The van der Waals surface area contributed by atoms with Gasteiger partial charge in [-0.25, -0.2) is 4.98 Å². The maximum atomic E-state index is 12.2. The van der Waals surface area contributed by atoms with Gasteiger partial charge in [-0.05, 0) is 24.3 Å². The zero-order valence-electron chi connectivity index (χ0n) is 13.4. The van der Waals surface area contributed by atoms with Crippen molar-refractivity contribution in [3.05, 3.63) is 52.8 Å². The summed E-state index contributed by atoms with van der Waals surface area (Å²) in [6.07, 6.45) is 1.61. The van der Waals surface area contributed by atoms with E-state index in [2.05, 4.69) is 4.98 Å². The van der Waals surface area contributed by atoms with E-state index in [0.29, 0.717) is 35.4 Å². The monoisotopic (exact) mass is 361 g/mol. The molecule has 1 aromatic heterocycles. The van der Waals surface area contributed by atoms with E-state index in [1.165, 1.54) is 6.20 Å². The Kier molecular flexibility index (Phi) is 5.50. The Balaban J connectivity index is 1.48. The molecule has 25 heavy (non-hydrogen) atoms. The number of benzene rings is 1. The number of nitrogens with zero attached hydrogens (tertiary/aromatic N) is 1. The van der Waals surface area contributed by atoms with Crippen LogP contribution in [0, 0.1) is 0 Å². The molecule has 0 saturated carbocycles. The Morgan fingerprint density at radius 3 is 2.64 bits per heavy atom. The zero-order valence-corrected chi connectivity index (χ0v) is 14.1. The van der Waals surface area contributed by atoms with Gasteiger partial charge in [-0.15, -0.1) is 0 Å². The molecular weight excluding hydrogens is 346 g/mol. The smallest absolute Gasteiger partial charge is 0.306 e. The number of hydrogen-bond donors (Lipinski definition) is 0. The molecule has 0 spiro atoms. The number of carbonyl (C=O) groups excluding carboxylic acids is 2. The third-order valence-corrected chi connectivity index (χ3v) is 3.83. The average molecular weight is 362 g/mol. The number of carbonyl (C=O) groups is 2. The molecule has 0 saturated heterocycles. The maximum absolute atomic E-state index is 12.2. The lowest BCUT2D eigenvalue weighted by Gasteiger charge is -2.18. The topological polar surface area (TPSA) is 74.7 Å². The lowest BCUT2D eigenvalue weighted by molar-refractivity contribution is -0.144.